The van der Waals surface area contributed by atoms with Gasteiger partial charge < -0.3 is 20.1 Å². The van der Waals surface area contributed by atoms with E-state index in [0.29, 0.717) is 18.9 Å². The molecule has 1 heterocycles. The highest BCUT2D eigenvalue weighted by molar-refractivity contribution is 5.97. The van der Waals surface area contributed by atoms with E-state index in [2.05, 4.69) is 16.8 Å². The monoisotopic (exact) mass is 289 g/mol. The highest BCUT2D eigenvalue weighted by Gasteiger charge is 2.19. The number of nitrogen functional groups attached to an aromatic ring is 1. The van der Waals surface area contributed by atoms with Gasteiger partial charge in [-0.3, -0.25) is 4.98 Å². The number of rotatable bonds is 7. The van der Waals surface area contributed by atoms with Crippen LogP contribution >= 0.6 is 0 Å². The SMILES string of the molecule is COCCN(c1c(N)cnc2ccccc12)C(C)COC. The second-order valence-corrected chi connectivity index (χ2v) is 5.07. The lowest BCUT2D eigenvalue weighted by atomic mass is 10.1. The fourth-order valence-corrected chi connectivity index (χ4v) is 2.54. The van der Waals surface area contributed by atoms with E-state index in [-0.39, 0.29) is 6.04 Å². The zero-order chi connectivity index (χ0) is 15.2. The van der Waals surface area contributed by atoms with E-state index < -0.39 is 0 Å². The van der Waals surface area contributed by atoms with Crippen molar-refractivity contribution in [3.8, 4) is 0 Å². The van der Waals surface area contributed by atoms with Crippen LogP contribution in [0.3, 0.4) is 0 Å². The molecule has 0 amide bonds. The number of fused-ring (bicyclic) bond motifs is 1. The first-order valence-electron chi connectivity index (χ1n) is 7.06. The minimum atomic E-state index is 0.193. The summed E-state index contributed by atoms with van der Waals surface area (Å²) in [4.78, 5) is 6.62. The van der Waals surface area contributed by atoms with Crippen LogP contribution in [0.25, 0.3) is 10.9 Å². The maximum absolute atomic E-state index is 6.21. The molecule has 0 saturated carbocycles. The van der Waals surface area contributed by atoms with Gasteiger partial charge in [-0.05, 0) is 13.0 Å². The first-order valence-corrected chi connectivity index (χ1v) is 7.06. The van der Waals surface area contributed by atoms with Gasteiger partial charge in [-0.1, -0.05) is 18.2 Å². The molecule has 0 bridgehead atoms. The van der Waals surface area contributed by atoms with Crippen LogP contribution < -0.4 is 10.6 Å². The third-order valence-corrected chi connectivity index (χ3v) is 3.54. The Bertz CT molecular complexity index is 589. The van der Waals surface area contributed by atoms with Gasteiger partial charge in [-0.2, -0.15) is 0 Å². The Morgan fingerprint density at radius 3 is 2.71 bits per heavy atom. The van der Waals surface area contributed by atoms with Gasteiger partial charge in [0.25, 0.3) is 0 Å². The van der Waals surface area contributed by atoms with Gasteiger partial charge >= 0.3 is 0 Å². The number of aromatic nitrogens is 1. The summed E-state index contributed by atoms with van der Waals surface area (Å²) in [6.45, 7) is 4.12. The number of pyridine rings is 1. The zero-order valence-corrected chi connectivity index (χ0v) is 12.9. The zero-order valence-electron chi connectivity index (χ0n) is 12.9. The van der Waals surface area contributed by atoms with Gasteiger partial charge in [0.05, 0.1) is 36.3 Å². The molecule has 1 atom stereocenters. The molecule has 0 spiro atoms. The molecule has 5 nitrogen and oxygen atoms in total. The number of anilines is 2. The highest BCUT2D eigenvalue weighted by Crippen LogP contribution is 2.32. The van der Waals surface area contributed by atoms with Crippen molar-refractivity contribution in [1.29, 1.82) is 0 Å². The van der Waals surface area contributed by atoms with Gasteiger partial charge in [0, 0.05) is 32.2 Å². The number of benzene rings is 1. The molecule has 1 aromatic heterocycles. The van der Waals surface area contributed by atoms with Crippen molar-refractivity contribution in [3.05, 3.63) is 30.5 Å². The van der Waals surface area contributed by atoms with Gasteiger partial charge in [0.2, 0.25) is 0 Å². The summed E-state index contributed by atoms with van der Waals surface area (Å²) < 4.78 is 10.5. The van der Waals surface area contributed by atoms with Crippen molar-refractivity contribution in [2.45, 2.75) is 13.0 Å². The highest BCUT2D eigenvalue weighted by atomic mass is 16.5. The van der Waals surface area contributed by atoms with E-state index in [4.69, 9.17) is 15.2 Å². The molecule has 114 valence electrons. The van der Waals surface area contributed by atoms with Crippen molar-refractivity contribution in [2.24, 2.45) is 0 Å². The van der Waals surface area contributed by atoms with Crippen molar-refractivity contribution >= 4 is 22.3 Å². The average molecular weight is 289 g/mol. The van der Waals surface area contributed by atoms with Gasteiger partial charge in [-0.25, -0.2) is 0 Å². The summed E-state index contributed by atoms with van der Waals surface area (Å²) >= 11 is 0. The summed E-state index contributed by atoms with van der Waals surface area (Å²) in [5.74, 6) is 0. The minimum absolute atomic E-state index is 0.193. The third-order valence-electron chi connectivity index (χ3n) is 3.54. The van der Waals surface area contributed by atoms with Crippen molar-refractivity contribution in [2.75, 3.05) is 44.6 Å². The van der Waals surface area contributed by atoms with Crippen LogP contribution in [0.5, 0.6) is 0 Å². The molecule has 1 aromatic carbocycles. The molecule has 0 radical (unpaired) electrons. The standard InChI is InChI=1S/C16H23N3O2/c1-12(11-21-3)19(8-9-20-2)16-13-6-4-5-7-15(13)18-10-14(16)17/h4-7,10,12H,8-9,11,17H2,1-3H3. The molecular weight excluding hydrogens is 266 g/mol. The van der Waals surface area contributed by atoms with E-state index in [9.17, 15) is 0 Å². The summed E-state index contributed by atoms with van der Waals surface area (Å²) in [5, 5.41) is 1.05. The predicted molar refractivity (Wildman–Crippen MR) is 86.7 cm³/mol. The Morgan fingerprint density at radius 1 is 1.24 bits per heavy atom. The molecule has 1 unspecified atom stereocenters. The molecule has 2 N–H and O–H groups in total. The Morgan fingerprint density at radius 2 is 2.00 bits per heavy atom. The maximum Gasteiger partial charge on any atom is 0.0745 e. The van der Waals surface area contributed by atoms with Crippen LogP contribution in [0.4, 0.5) is 11.4 Å². The van der Waals surface area contributed by atoms with Crippen LogP contribution in [0.15, 0.2) is 30.5 Å². The first kappa shape index (κ1) is 15.5. The molecule has 2 rings (SSSR count). The number of ether oxygens (including phenoxy) is 2. The van der Waals surface area contributed by atoms with Crippen LogP contribution in [-0.4, -0.2) is 45.0 Å². The number of methoxy groups -OCH3 is 2. The summed E-state index contributed by atoms with van der Waals surface area (Å²) in [6.07, 6.45) is 1.72. The first-order chi connectivity index (χ1) is 10.2. The lowest BCUT2D eigenvalue weighted by Gasteiger charge is -2.32. The van der Waals surface area contributed by atoms with Crippen LogP contribution in [0, 0.1) is 0 Å². The predicted octanol–water partition coefficient (Wildman–Crippen LogP) is 2.30. The normalized spacial score (nSPS) is 12.5. The largest absolute Gasteiger partial charge is 0.396 e. The topological polar surface area (TPSA) is 60.6 Å². The van der Waals surface area contributed by atoms with Crippen molar-refractivity contribution in [1.82, 2.24) is 4.98 Å². The Balaban J connectivity index is 2.49. The van der Waals surface area contributed by atoms with E-state index in [1.165, 1.54) is 0 Å². The molecule has 0 aliphatic heterocycles. The second-order valence-electron chi connectivity index (χ2n) is 5.07. The van der Waals surface area contributed by atoms with Crippen LogP contribution in [-0.2, 0) is 9.47 Å². The Labute approximate surface area is 125 Å². The summed E-state index contributed by atoms with van der Waals surface area (Å²) in [7, 11) is 3.41. The lowest BCUT2D eigenvalue weighted by molar-refractivity contribution is 0.171. The van der Waals surface area contributed by atoms with E-state index in [0.717, 1.165) is 23.1 Å². The van der Waals surface area contributed by atoms with E-state index >= 15 is 0 Å². The number of para-hydroxylation sites is 1. The molecule has 0 saturated heterocycles. The molecule has 0 aliphatic carbocycles. The summed E-state index contributed by atoms with van der Waals surface area (Å²) in [6, 6.07) is 8.22. The molecule has 2 aromatic rings. The number of hydrogen-bond donors (Lipinski definition) is 1. The second kappa shape index (κ2) is 7.24. The fourth-order valence-electron chi connectivity index (χ4n) is 2.54. The van der Waals surface area contributed by atoms with Crippen LogP contribution in [0.1, 0.15) is 6.92 Å². The van der Waals surface area contributed by atoms with Crippen molar-refractivity contribution in [3.63, 3.8) is 0 Å². The average Bonchev–Trinajstić information content (AvgIpc) is 2.49. The number of hydrogen-bond acceptors (Lipinski definition) is 5. The quantitative estimate of drug-likeness (QED) is 0.847. The Kier molecular flexibility index (Phi) is 5.36. The number of nitrogens with zero attached hydrogens (tertiary/aromatic N) is 2. The molecule has 0 aliphatic rings. The smallest absolute Gasteiger partial charge is 0.0745 e. The molecule has 21 heavy (non-hydrogen) atoms. The van der Waals surface area contributed by atoms with E-state index in [1.807, 2.05) is 24.3 Å². The number of nitrogens with two attached hydrogens (primary N) is 1. The molecule has 0 fully saturated rings. The van der Waals surface area contributed by atoms with Crippen molar-refractivity contribution < 1.29 is 9.47 Å². The third kappa shape index (κ3) is 3.43. The van der Waals surface area contributed by atoms with E-state index in [1.54, 1.807) is 20.4 Å². The summed E-state index contributed by atoms with van der Waals surface area (Å²) in [5.41, 5.74) is 8.82. The fraction of sp³-hybridized carbons (Fsp3) is 0.438. The maximum atomic E-state index is 6.21. The molecular formula is C16H23N3O2. The van der Waals surface area contributed by atoms with Gasteiger partial charge in [0.15, 0.2) is 0 Å². The molecule has 5 heteroatoms. The Hall–Kier alpha value is -1.85. The van der Waals surface area contributed by atoms with Gasteiger partial charge in [-0.15, -0.1) is 0 Å². The lowest BCUT2D eigenvalue weighted by Crippen LogP contribution is -2.39. The van der Waals surface area contributed by atoms with Crippen LogP contribution in [0.2, 0.25) is 0 Å². The van der Waals surface area contributed by atoms with Gasteiger partial charge in [0.1, 0.15) is 0 Å². The minimum Gasteiger partial charge on any atom is -0.396 e.